The van der Waals surface area contributed by atoms with E-state index in [1.54, 1.807) is 0 Å². The number of esters is 1. The molecular formula is C25H30F3NO3. The van der Waals surface area contributed by atoms with Crippen LogP contribution >= 0.6 is 0 Å². The van der Waals surface area contributed by atoms with Crippen molar-refractivity contribution < 1.29 is 27.4 Å². The van der Waals surface area contributed by atoms with Gasteiger partial charge in [-0.15, -0.1) is 0 Å². The Balaban J connectivity index is 0.000000324. The number of rotatable bonds is 6. The minimum atomic E-state index is -4.55. The maximum Gasteiger partial charge on any atom is 0.413 e. The molecule has 0 aliphatic heterocycles. The van der Waals surface area contributed by atoms with Crippen molar-refractivity contribution in [1.29, 1.82) is 0 Å². The van der Waals surface area contributed by atoms with E-state index < -0.39 is 23.3 Å². The summed E-state index contributed by atoms with van der Waals surface area (Å²) >= 11 is 0. The summed E-state index contributed by atoms with van der Waals surface area (Å²) in [4.78, 5) is 14.5. The van der Waals surface area contributed by atoms with E-state index in [9.17, 15) is 18.0 Å². The van der Waals surface area contributed by atoms with Crippen molar-refractivity contribution in [3.8, 4) is 16.9 Å². The van der Waals surface area contributed by atoms with Crippen molar-refractivity contribution in [2.75, 3.05) is 13.7 Å². The molecule has 174 valence electrons. The van der Waals surface area contributed by atoms with Gasteiger partial charge in [0.15, 0.2) is 0 Å². The van der Waals surface area contributed by atoms with Crippen LogP contribution in [-0.4, -0.2) is 38.1 Å². The van der Waals surface area contributed by atoms with Gasteiger partial charge in [-0.1, -0.05) is 42.0 Å². The molecule has 0 radical (unpaired) electrons. The fourth-order valence-corrected chi connectivity index (χ4v) is 2.64. The van der Waals surface area contributed by atoms with Crippen LogP contribution in [0.1, 0.15) is 33.3 Å². The molecule has 2 rings (SSSR count). The van der Waals surface area contributed by atoms with E-state index in [2.05, 4.69) is 53.1 Å². The highest BCUT2D eigenvalue weighted by Gasteiger charge is 2.34. The minimum Gasteiger partial charge on any atom is -0.491 e. The van der Waals surface area contributed by atoms with Gasteiger partial charge in [0.05, 0.1) is 18.3 Å². The van der Waals surface area contributed by atoms with Crippen molar-refractivity contribution in [2.45, 2.75) is 46.9 Å². The predicted molar refractivity (Wildman–Crippen MR) is 122 cm³/mol. The van der Waals surface area contributed by atoms with E-state index in [0.717, 1.165) is 18.9 Å². The van der Waals surface area contributed by atoms with E-state index in [1.165, 1.54) is 30.7 Å². The molecule has 0 spiro atoms. The fraction of sp³-hybridized carbons (Fsp3) is 0.360. The zero-order chi connectivity index (χ0) is 24.3. The molecule has 0 bridgehead atoms. The number of aliphatic imine (C=N–C) groups is 1. The first-order valence-corrected chi connectivity index (χ1v) is 10.2. The summed E-state index contributed by atoms with van der Waals surface area (Å²) in [5.74, 6) is -0.0862. The summed E-state index contributed by atoms with van der Waals surface area (Å²) in [7, 11) is 1.28. The Labute approximate surface area is 187 Å². The van der Waals surface area contributed by atoms with Crippen molar-refractivity contribution >= 4 is 12.2 Å². The molecule has 4 nitrogen and oxygen atoms in total. The second-order valence-corrected chi connectivity index (χ2v) is 7.21. The van der Waals surface area contributed by atoms with Gasteiger partial charge in [-0.05, 0) is 57.9 Å². The highest BCUT2D eigenvalue weighted by atomic mass is 19.4. The molecule has 0 heterocycles. The molecule has 32 heavy (non-hydrogen) atoms. The number of allylic oxidation sites excluding steroid dienone is 1. The first kappa shape index (κ1) is 26.9. The first-order chi connectivity index (χ1) is 15.0. The maximum absolute atomic E-state index is 12.3. The number of hydrogen-bond acceptors (Lipinski definition) is 4. The Bertz CT molecular complexity index is 947. The van der Waals surface area contributed by atoms with Gasteiger partial charge < -0.3 is 9.47 Å². The number of nitrogens with zero attached hydrogens (tertiary/aromatic N) is 1. The SMILES string of the molecule is CCOC(=O)/C(C=NC)=C(/C)C(F)(F)F.Cc1cccc(-c2cccc(OC(C)C)c2)c1. The number of ether oxygens (including phenoxy) is 2. The molecule has 2 aromatic rings. The van der Waals surface area contributed by atoms with Crippen LogP contribution in [-0.2, 0) is 9.53 Å². The summed E-state index contributed by atoms with van der Waals surface area (Å²) in [6, 6.07) is 16.7. The van der Waals surface area contributed by atoms with Crippen LogP contribution in [0.4, 0.5) is 13.2 Å². The smallest absolute Gasteiger partial charge is 0.413 e. The monoisotopic (exact) mass is 449 g/mol. The van der Waals surface area contributed by atoms with E-state index >= 15 is 0 Å². The topological polar surface area (TPSA) is 47.9 Å². The molecule has 7 heteroatoms. The molecule has 0 saturated carbocycles. The number of carbonyl (C=O) groups excluding carboxylic acids is 1. The van der Waals surface area contributed by atoms with Crippen LogP contribution in [0.15, 0.2) is 64.7 Å². The third-order valence-electron chi connectivity index (χ3n) is 4.14. The lowest BCUT2D eigenvalue weighted by Gasteiger charge is -2.11. The molecule has 2 aromatic carbocycles. The quantitative estimate of drug-likeness (QED) is 0.284. The van der Waals surface area contributed by atoms with Gasteiger partial charge in [0.1, 0.15) is 5.75 Å². The fourth-order valence-electron chi connectivity index (χ4n) is 2.64. The van der Waals surface area contributed by atoms with E-state index in [-0.39, 0.29) is 12.7 Å². The number of benzene rings is 2. The Morgan fingerprint density at radius 1 is 1.09 bits per heavy atom. The zero-order valence-electron chi connectivity index (χ0n) is 19.3. The van der Waals surface area contributed by atoms with Crippen LogP contribution in [0.25, 0.3) is 11.1 Å². The number of alkyl halides is 3. The van der Waals surface area contributed by atoms with Gasteiger partial charge >= 0.3 is 12.1 Å². The second-order valence-electron chi connectivity index (χ2n) is 7.21. The summed E-state index contributed by atoms with van der Waals surface area (Å²) in [6.45, 7) is 8.54. The average Bonchev–Trinajstić information content (AvgIpc) is 2.71. The summed E-state index contributed by atoms with van der Waals surface area (Å²) in [5.41, 5.74) is 2.14. The third-order valence-corrected chi connectivity index (χ3v) is 4.14. The number of aryl methyl sites for hydroxylation is 1. The predicted octanol–water partition coefficient (Wildman–Crippen LogP) is 6.58. The molecule has 0 aliphatic rings. The van der Waals surface area contributed by atoms with Gasteiger partial charge in [-0.25, -0.2) is 4.79 Å². The Kier molecular flexibility index (Phi) is 10.7. The summed E-state index contributed by atoms with van der Waals surface area (Å²) in [5, 5.41) is 0. The molecule has 0 N–H and O–H groups in total. The van der Waals surface area contributed by atoms with E-state index in [4.69, 9.17) is 4.74 Å². The van der Waals surface area contributed by atoms with Crippen LogP contribution in [0, 0.1) is 6.92 Å². The zero-order valence-corrected chi connectivity index (χ0v) is 19.3. The highest BCUT2D eigenvalue weighted by molar-refractivity contribution is 6.10. The van der Waals surface area contributed by atoms with Gasteiger partial charge in [-0.3, -0.25) is 4.99 Å². The Morgan fingerprint density at radius 3 is 2.19 bits per heavy atom. The Hall–Kier alpha value is -3.09. The van der Waals surface area contributed by atoms with Crippen molar-refractivity contribution in [3.05, 3.63) is 65.2 Å². The van der Waals surface area contributed by atoms with E-state index in [1.807, 2.05) is 26.0 Å². The molecular weight excluding hydrogens is 419 g/mol. The number of hydrogen-bond donors (Lipinski definition) is 0. The van der Waals surface area contributed by atoms with Gasteiger partial charge in [0.25, 0.3) is 0 Å². The lowest BCUT2D eigenvalue weighted by atomic mass is 10.0. The molecule has 0 saturated heterocycles. The maximum atomic E-state index is 12.3. The number of halogens is 3. The van der Waals surface area contributed by atoms with Gasteiger partial charge in [0.2, 0.25) is 0 Å². The van der Waals surface area contributed by atoms with E-state index in [0.29, 0.717) is 0 Å². The van der Waals surface area contributed by atoms with Crippen LogP contribution < -0.4 is 4.74 Å². The molecule has 0 fully saturated rings. The van der Waals surface area contributed by atoms with Crippen molar-refractivity contribution in [3.63, 3.8) is 0 Å². The molecule has 0 amide bonds. The van der Waals surface area contributed by atoms with Crippen LogP contribution in [0.2, 0.25) is 0 Å². The third kappa shape index (κ3) is 8.96. The van der Waals surface area contributed by atoms with Gasteiger partial charge in [-0.2, -0.15) is 13.2 Å². The molecule has 0 aliphatic carbocycles. The summed E-state index contributed by atoms with van der Waals surface area (Å²) in [6.07, 6.45) is -3.49. The molecule has 0 aromatic heterocycles. The second kappa shape index (κ2) is 12.7. The lowest BCUT2D eigenvalue weighted by Crippen LogP contribution is -2.18. The average molecular weight is 450 g/mol. The summed E-state index contributed by atoms with van der Waals surface area (Å²) < 4.78 is 47.1. The Morgan fingerprint density at radius 2 is 1.69 bits per heavy atom. The lowest BCUT2D eigenvalue weighted by molar-refractivity contribution is -0.139. The number of carbonyl (C=O) groups is 1. The van der Waals surface area contributed by atoms with Crippen LogP contribution in [0.3, 0.4) is 0 Å². The van der Waals surface area contributed by atoms with Crippen molar-refractivity contribution in [1.82, 2.24) is 0 Å². The van der Waals surface area contributed by atoms with Gasteiger partial charge in [0, 0.05) is 18.8 Å². The highest BCUT2D eigenvalue weighted by Crippen LogP contribution is 2.27. The van der Waals surface area contributed by atoms with Crippen LogP contribution in [0.5, 0.6) is 5.75 Å². The minimum absolute atomic E-state index is 0.0189. The first-order valence-electron chi connectivity index (χ1n) is 10.2. The van der Waals surface area contributed by atoms with Crippen molar-refractivity contribution in [2.24, 2.45) is 4.99 Å². The molecule has 0 unspecified atom stereocenters. The largest absolute Gasteiger partial charge is 0.491 e. The molecule has 0 atom stereocenters. The normalized spacial score (nSPS) is 12.2. The standard InChI is InChI=1S/C16H18O.C9H12F3NO2/c1-12(2)17-16-9-5-8-15(11-16)14-7-4-6-13(3)10-14;1-4-15-8(14)7(5-13-3)6(2)9(10,11)12/h4-12H,1-3H3;5H,4H2,1-3H3/b;7-6-,13-5?.